The number of hydrogen-bond acceptors (Lipinski definition) is 5. The molecule has 9 heteroatoms. The zero-order valence-electron chi connectivity index (χ0n) is 15.4. The topological polar surface area (TPSA) is 115 Å². The number of carbonyl (C=O) groups excluding carboxylic acids is 2. The first-order chi connectivity index (χ1) is 13.3. The monoisotopic (exact) mass is 442 g/mol. The Kier molecular flexibility index (Phi) is 5.74. The highest BCUT2D eigenvalue weighted by Crippen LogP contribution is 2.18. The van der Waals surface area contributed by atoms with Gasteiger partial charge in [0.25, 0.3) is 5.91 Å². The summed E-state index contributed by atoms with van der Waals surface area (Å²) in [4.78, 5) is 24.7. The van der Waals surface area contributed by atoms with Gasteiger partial charge in [0.2, 0.25) is 5.91 Å². The minimum Gasteiger partial charge on any atom is -0.382 e. The molecule has 144 valence electrons. The second kappa shape index (κ2) is 8.22. The van der Waals surface area contributed by atoms with E-state index in [1.807, 2.05) is 32.0 Å². The molecule has 0 aliphatic carbocycles. The Labute approximate surface area is 170 Å². The molecule has 0 aliphatic rings. The molecule has 0 radical (unpaired) electrons. The molecule has 8 nitrogen and oxygen atoms in total. The molecular formula is C19H19BrN6O2. The average molecular weight is 443 g/mol. The molecule has 0 saturated carbocycles. The Balaban J connectivity index is 1.67. The van der Waals surface area contributed by atoms with Crippen LogP contribution in [0.15, 0.2) is 46.9 Å². The number of carbonyl (C=O) groups is 2. The molecule has 0 fully saturated rings. The fraction of sp³-hybridized carbons (Fsp3) is 0.158. The van der Waals surface area contributed by atoms with E-state index >= 15 is 0 Å². The summed E-state index contributed by atoms with van der Waals surface area (Å²) >= 11 is 3.33. The standard InChI is InChI=1S/C19H19BrN6O2/c1-11-3-8-15(12(2)9-11)23-16(27)10-26-18(21)17(24-25-26)19(28)22-14-6-4-13(20)5-7-14/h3-9H,10,21H2,1-2H3,(H,22,28)(H,23,27). The van der Waals surface area contributed by atoms with Crippen molar-refractivity contribution in [3.63, 3.8) is 0 Å². The van der Waals surface area contributed by atoms with E-state index in [0.29, 0.717) is 11.4 Å². The van der Waals surface area contributed by atoms with E-state index < -0.39 is 5.91 Å². The lowest BCUT2D eigenvalue weighted by Gasteiger charge is -2.09. The number of aromatic nitrogens is 3. The van der Waals surface area contributed by atoms with E-state index in [9.17, 15) is 9.59 Å². The lowest BCUT2D eigenvalue weighted by atomic mass is 10.1. The van der Waals surface area contributed by atoms with Crippen molar-refractivity contribution in [2.75, 3.05) is 16.4 Å². The van der Waals surface area contributed by atoms with Crippen LogP contribution in [0.3, 0.4) is 0 Å². The molecule has 0 spiro atoms. The van der Waals surface area contributed by atoms with Crippen molar-refractivity contribution in [3.8, 4) is 0 Å². The molecule has 1 aromatic heterocycles. The van der Waals surface area contributed by atoms with E-state index in [-0.39, 0.29) is 24.0 Å². The quantitative estimate of drug-likeness (QED) is 0.561. The number of benzene rings is 2. The van der Waals surface area contributed by atoms with Crippen LogP contribution in [0.5, 0.6) is 0 Å². The Morgan fingerprint density at radius 2 is 1.82 bits per heavy atom. The van der Waals surface area contributed by atoms with Gasteiger partial charge in [-0.05, 0) is 49.7 Å². The predicted molar refractivity (Wildman–Crippen MR) is 111 cm³/mol. The summed E-state index contributed by atoms with van der Waals surface area (Å²) < 4.78 is 2.08. The number of halogens is 1. The molecule has 2 aromatic carbocycles. The number of nitrogens with zero attached hydrogens (tertiary/aromatic N) is 3. The number of anilines is 3. The number of nitrogens with two attached hydrogens (primary N) is 1. The number of aryl methyl sites for hydroxylation is 2. The number of amides is 2. The summed E-state index contributed by atoms with van der Waals surface area (Å²) in [6, 6.07) is 12.8. The molecule has 2 amide bonds. The van der Waals surface area contributed by atoms with Crippen LogP contribution in [0, 0.1) is 13.8 Å². The highest BCUT2D eigenvalue weighted by molar-refractivity contribution is 9.10. The second-order valence-corrected chi connectivity index (χ2v) is 7.22. The molecular weight excluding hydrogens is 424 g/mol. The molecule has 0 saturated heterocycles. The fourth-order valence-electron chi connectivity index (χ4n) is 2.60. The normalized spacial score (nSPS) is 10.5. The van der Waals surface area contributed by atoms with Crippen molar-refractivity contribution in [1.82, 2.24) is 15.0 Å². The van der Waals surface area contributed by atoms with Gasteiger partial charge in [-0.3, -0.25) is 9.59 Å². The Morgan fingerprint density at radius 3 is 2.50 bits per heavy atom. The summed E-state index contributed by atoms with van der Waals surface area (Å²) in [7, 11) is 0. The van der Waals surface area contributed by atoms with Gasteiger partial charge < -0.3 is 16.4 Å². The van der Waals surface area contributed by atoms with Gasteiger partial charge in [-0.15, -0.1) is 5.10 Å². The molecule has 0 bridgehead atoms. The second-order valence-electron chi connectivity index (χ2n) is 6.31. The molecule has 0 aliphatic heterocycles. The first kappa shape index (κ1) is 19.6. The zero-order valence-corrected chi connectivity index (χ0v) is 16.9. The minimum absolute atomic E-state index is 0.0189. The predicted octanol–water partition coefficient (Wildman–Crippen LogP) is 3.13. The summed E-state index contributed by atoms with van der Waals surface area (Å²) in [6.07, 6.45) is 0. The smallest absolute Gasteiger partial charge is 0.280 e. The van der Waals surface area contributed by atoms with Crippen LogP contribution in [0.2, 0.25) is 0 Å². The van der Waals surface area contributed by atoms with Gasteiger partial charge in [0.1, 0.15) is 6.54 Å². The van der Waals surface area contributed by atoms with Gasteiger partial charge >= 0.3 is 0 Å². The SMILES string of the molecule is Cc1ccc(NC(=O)Cn2nnc(C(=O)Nc3ccc(Br)cc3)c2N)c(C)c1. The number of rotatable bonds is 5. The van der Waals surface area contributed by atoms with Crippen molar-refractivity contribution < 1.29 is 9.59 Å². The molecule has 3 rings (SSSR count). The van der Waals surface area contributed by atoms with Crippen molar-refractivity contribution in [2.24, 2.45) is 0 Å². The van der Waals surface area contributed by atoms with Crippen LogP contribution < -0.4 is 16.4 Å². The van der Waals surface area contributed by atoms with Crippen LogP contribution >= 0.6 is 15.9 Å². The highest BCUT2D eigenvalue weighted by atomic mass is 79.9. The lowest BCUT2D eigenvalue weighted by molar-refractivity contribution is -0.116. The van der Waals surface area contributed by atoms with Crippen LogP contribution in [0.4, 0.5) is 17.2 Å². The number of nitrogen functional groups attached to an aromatic ring is 1. The molecule has 3 aromatic rings. The summed E-state index contributed by atoms with van der Waals surface area (Å²) in [5.74, 6) is -0.797. The van der Waals surface area contributed by atoms with Gasteiger partial charge in [-0.25, -0.2) is 4.68 Å². The van der Waals surface area contributed by atoms with Gasteiger partial charge in [-0.1, -0.05) is 38.8 Å². The molecule has 28 heavy (non-hydrogen) atoms. The van der Waals surface area contributed by atoms with E-state index in [0.717, 1.165) is 15.6 Å². The van der Waals surface area contributed by atoms with Gasteiger partial charge in [0.05, 0.1) is 0 Å². The first-order valence-corrected chi connectivity index (χ1v) is 9.26. The largest absolute Gasteiger partial charge is 0.382 e. The third-order valence-electron chi connectivity index (χ3n) is 4.04. The molecule has 0 unspecified atom stereocenters. The third-order valence-corrected chi connectivity index (χ3v) is 4.57. The Bertz CT molecular complexity index is 1030. The van der Waals surface area contributed by atoms with Crippen molar-refractivity contribution in [1.29, 1.82) is 0 Å². The lowest BCUT2D eigenvalue weighted by Crippen LogP contribution is -2.21. The minimum atomic E-state index is -0.499. The van der Waals surface area contributed by atoms with Gasteiger partial charge in [0, 0.05) is 15.8 Å². The van der Waals surface area contributed by atoms with Crippen molar-refractivity contribution >= 4 is 44.9 Å². The van der Waals surface area contributed by atoms with E-state index in [1.165, 1.54) is 4.68 Å². The van der Waals surface area contributed by atoms with Crippen LogP contribution in [-0.2, 0) is 11.3 Å². The Morgan fingerprint density at radius 1 is 1.11 bits per heavy atom. The number of hydrogen-bond donors (Lipinski definition) is 3. The van der Waals surface area contributed by atoms with Crippen LogP contribution in [0.25, 0.3) is 0 Å². The molecule has 0 atom stereocenters. The summed E-state index contributed by atoms with van der Waals surface area (Å²) in [5.41, 5.74) is 9.29. The summed E-state index contributed by atoms with van der Waals surface area (Å²) in [6.45, 7) is 3.74. The maximum atomic E-state index is 12.4. The average Bonchev–Trinajstić information content (AvgIpc) is 3.00. The van der Waals surface area contributed by atoms with Crippen molar-refractivity contribution in [3.05, 3.63) is 63.8 Å². The highest BCUT2D eigenvalue weighted by Gasteiger charge is 2.19. The zero-order chi connectivity index (χ0) is 20.3. The molecule has 4 N–H and O–H groups in total. The van der Waals surface area contributed by atoms with Gasteiger partial charge in [0.15, 0.2) is 11.5 Å². The van der Waals surface area contributed by atoms with E-state index in [1.54, 1.807) is 24.3 Å². The number of nitrogens with one attached hydrogen (secondary N) is 2. The van der Waals surface area contributed by atoms with Crippen LogP contribution in [0.1, 0.15) is 21.6 Å². The fourth-order valence-corrected chi connectivity index (χ4v) is 2.87. The van der Waals surface area contributed by atoms with Gasteiger partial charge in [-0.2, -0.15) is 0 Å². The maximum Gasteiger partial charge on any atom is 0.280 e. The first-order valence-electron chi connectivity index (χ1n) is 8.46. The molecule has 1 heterocycles. The van der Waals surface area contributed by atoms with E-state index in [4.69, 9.17) is 5.73 Å². The maximum absolute atomic E-state index is 12.4. The van der Waals surface area contributed by atoms with Crippen LogP contribution in [-0.4, -0.2) is 26.8 Å². The third kappa shape index (κ3) is 4.55. The van der Waals surface area contributed by atoms with Crippen molar-refractivity contribution in [2.45, 2.75) is 20.4 Å². The van der Waals surface area contributed by atoms with E-state index in [2.05, 4.69) is 36.9 Å². The summed E-state index contributed by atoms with van der Waals surface area (Å²) in [5, 5.41) is 13.1. The Hall–Kier alpha value is -3.20.